The molecular weight excluding hydrogens is 364 g/mol. The van der Waals surface area contributed by atoms with Crippen LogP contribution in [0.25, 0.3) is 0 Å². The van der Waals surface area contributed by atoms with Crippen molar-refractivity contribution in [2.75, 3.05) is 0 Å². The topological polar surface area (TPSA) is 20.2 Å². The maximum absolute atomic E-state index is 11.4. The van der Waals surface area contributed by atoms with Crippen molar-refractivity contribution in [1.82, 2.24) is 0 Å². The molecule has 168 valence electrons. The Bertz CT molecular complexity index is 564. The molecule has 0 aromatic heterocycles. The highest BCUT2D eigenvalue weighted by Gasteiger charge is 2.33. The lowest BCUT2D eigenvalue weighted by molar-refractivity contribution is 0.125. The van der Waals surface area contributed by atoms with Crippen LogP contribution in [-0.4, -0.2) is 5.11 Å². The molecule has 0 saturated carbocycles. The van der Waals surface area contributed by atoms with Crippen molar-refractivity contribution in [1.29, 1.82) is 0 Å². The molecule has 0 bridgehead atoms. The summed E-state index contributed by atoms with van der Waals surface area (Å²) in [6.07, 6.45) is 0. The van der Waals surface area contributed by atoms with Crippen molar-refractivity contribution >= 4 is 0 Å². The van der Waals surface area contributed by atoms with E-state index in [0.29, 0.717) is 0 Å². The average Bonchev–Trinajstić information content (AvgIpc) is 2.91. The third-order valence-corrected chi connectivity index (χ3v) is 3.57. The Morgan fingerprint density at radius 1 is 0.367 bits per heavy atom. The summed E-state index contributed by atoms with van der Waals surface area (Å²) in [6.45, 7) is 20.0. The van der Waals surface area contributed by atoms with Crippen molar-refractivity contribution in [3.8, 4) is 0 Å². The molecule has 0 spiro atoms. The van der Waals surface area contributed by atoms with Crippen molar-refractivity contribution in [2.45, 2.75) is 74.8 Å². The molecule has 1 nitrogen and oxygen atoms in total. The fourth-order valence-electron chi connectivity index (χ4n) is 2.54. The van der Waals surface area contributed by atoms with Crippen LogP contribution in [0.1, 0.15) is 85.9 Å². The van der Waals surface area contributed by atoms with Crippen molar-refractivity contribution < 1.29 is 5.11 Å². The number of hydrogen-bond donors (Lipinski definition) is 1. The van der Waals surface area contributed by atoms with Gasteiger partial charge in [0.05, 0.1) is 0 Å². The van der Waals surface area contributed by atoms with Crippen molar-refractivity contribution in [2.24, 2.45) is 0 Å². The van der Waals surface area contributed by atoms with Crippen molar-refractivity contribution in [3.05, 3.63) is 108 Å². The van der Waals surface area contributed by atoms with E-state index in [-0.39, 0.29) is 0 Å². The maximum Gasteiger partial charge on any atom is 0.140 e. The molecule has 3 aromatic rings. The van der Waals surface area contributed by atoms with Crippen LogP contribution in [0.5, 0.6) is 0 Å². The smallest absolute Gasteiger partial charge is 0.140 e. The molecule has 3 aromatic carbocycles. The molecule has 1 heteroatoms. The Kier molecular flexibility index (Phi) is 24.7. The fraction of sp³-hybridized carbons (Fsp3) is 0.379. The Labute approximate surface area is 187 Å². The van der Waals surface area contributed by atoms with Gasteiger partial charge < -0.3 is 5.11 Å². The van der Waals surface area contributed by atoms with E-state index in [1.165, 1.54) is 0 Å². The molecule has 3 rings (SSSR count). The molecule has 0 heterocycles. The van der Waals surface area contributed by atoms with Crippen LogP contribution in [0, 0.1) is 0 Å². The van der Waals surface area contributed by atoms with Gasteiger partial charge in [0.1, 0.15) is 5.60 Å². The van der Waals surface area contributed by atoms with E-state index >= 15 is 0 Å². The molecule has 30 heavy (non-hydrogen) atoms. The third kappa shape index (κ3) is 9.89. The van der Waals surface area contributed by atoms with Crippen molar-refractivity contribution in [3.63, 3.8) is 0 Å². The molecule has 0 aliphatic heterocycles. The van der Waals surface area contributed by atoms with Gasteiger partial charge in [-0.2, -0.15) is 0 Å². The van der Waals surface area contributed by atoms with Gasteiger partial charge in [0.25, 0.3) is 0 Å². The minimum absolute atomic E-state index is 0.873. The average molecular weight is 411 g/mol. The molecule has 0 aliphatic rings. The van der Waals surface area contributed by atoms with Gasteiger partial charge >= 0.3 is 0 Å². The second kappa shape index (κ2) is 22.9. The Morgan fingerprint density at radius 2 is 0.533 bits per heavy atom. The molecule has 0 saturated heterocycles. The van der Waals surface area contributed by atoms with Gasteiger partial charge in [-0.05, 0) is 16.7 Å². The van der Waals surface area contributed by atoms with Crippen LogP contribution in [-0.2, 0) is 5.60 Å². The van der Waals surface area contributed by atoms with Gasteiger partial charge in [0, 0.05) is 0 Å². The zero-order valence-corrected chi connectivity index (χ0v) is 21.1. The van der Waals surface area contributed by atoms with Gasteiger partial charge in [0.2, 0.25) is 0 Å². The molecule has 0 fully saturated rings. The summed E-state index contributed by atoms with van der Waals surface area (Å²) in [7, 11) is 0. The molecule has 0 unspecified atom stereocenters. The van der Waals surface area contributed by atoms with Gasteiger partial charge in [-0.1, -0.05) is 160 Å². The molecule has 1 N–H and O–H groups in total. The van der Waals surface area contributed by atoms with Crippen LogP contribution in [0.3, 0.4) is 0 Å². The van der Waals surface area contributed by atoms with Gasteiger partial charge in [0.15, 0.2) is 0 Å². The fourth-order valence-corrected chi connectivity index (χ4v) is 2.54. The molecule has 0 atom stereocenters. The third-order valence-electron chi connectivity index (χ3n) is 3.57. The largest absolute Gasteiger partial charge is 0.376 e. The van der Waals surface area contributed by atoms with E-state index in [1.807, 2.05) is 160 Å². The molecule has 0 radical (unpaired) electrons. The number of aliphatic hydroxyl groups is 1. The predicted octanol–water partition coefficient (Wildman–Crippen LogP) is 9.10. The number of benzene rings is 3. The predicted molar refractivity (Wildman–Crippen MR) is 138 cm³/mol. The zero-order valence-electron chi connectivity index (χ0n) is 21.1. The highest BCUT2D eigenvalue weighted by atomic mass is 16.3. The minimum Gasteiger partial charge on any atom is -0.376 e. The second-order valence-corrected chi connectivity index (χ2v) is 4.81. The monoisotopic (exact) mass is 410 g/mol. The van der Waals surface area contributed by atoms with Crippen LogP contribution in [0.2, 0.25) is 0 Å². The summed E-state index contributed by atoms with van der Waals surface area (Å²) in [6, 6.07) is 29.3. The molecule has 0 amide bonds. The number of rotatable bonds is 3. The summed E-state index contributed by atoms with van der Waals surface area (Å²) in [4.78, 5) is 0. The lowest BCUT2D eigenvalue weighted by Crippen LogP contribution is -2.28. The normalized spacial score (nSPS) is 8.50. The highest BCUT2D eigenvalue weighted by Crippen LogP contribution is 2.36. The van der Waals surface area contributed by atoms with E-state index in [0.717, 1.165) is 16.7 Å². The summed E-state index contributed by atoms with van der Waals surface area (Å²) >= 11 is 0. The van der Waals surface area contributed by atoms with Crippen LogP contribution >= 0.6 is 0 Å². The summed E-state index contributed by atoms with van der Waals surface area (Å²) < 4.78 is 0. The first kappa shape index (κ1) is 32.3. The first-order valence-electron chi connectivity index (χ1n) is 11.7. The first-order chi connectivity index (χ1) is 14.8. The standard InChI is InChI=1S/C19H16O.5C2H6/c20-19(16-10-4-1-5-11-16,17-12-6-2-7-13-17)18-14-8-3-9-15-18;5*1-2/h1-15,20H;5*1-2H3. The summed E-state index contributed by atoms with van der Waals surface area (Å²) in [5.41, 5.74) is 1.50. The Morgan fingerprint density at radius 3 is 0.700 bits per heavy atom. The Balaban J connectivity index is -0.000000642. The minimum atomic E-state index is -1.12. The van der Waals surface area contributed by atoms with E-state index in [2.05, 4.69) is 0 Å². The summed E-state index contributed by atoms with van der Waals surface area (Å²) in [5, 5.41) is 11.4. The first-order valence-corrected chi connectivity index (χ1v) is 11.7. The van der Waals surface area contributed by atoms with E-state index in [9.17, 15) is 5.11 Å². The summed E-state index contributed by atoms with van der Waals surface area (Å²) in [5.74, 6) is 0. The van der Waals surface area contributed by atoms with E-state index < -0.39 is 5.60 Å². The van der Waals surface area contributed by atoms with Crippen LogP contribution in [0.15, 0.2) is 91.0 Å². The van der Waals surface area contributed by atoms with E-state index in [4.69, 9.17) is 0 Å². The quantitative estimate of drug-likeness (QED) is 0.427. The second-order valence-electron chi connectivity index (χ2n) is 4.81. The molecule has 0 aliphatic carbocycles. The highest BCUT2D eigenvalue weighted by molar-refractivity contribution is 5.46. The Hall–Kier alpha value is -2.38. The lowest BCUT2D eigenvalue weighted by atomic mass is 9.80. The van der Waals surface area contributed by atoms with Gasteiger partial charge in [-0.15, -0.1) is 0 Å². The van der Waals surface area contributed by atoms with E-state index in [1.54, 1.807) is 0 Å². The lowest BCUT2D eigenvalue weighted by Gasteiger charge is -2.30. The van der Waals surface area contributed by atoms with Crippen LogP contribution < -0.4 is 0 Å². The zero-order chi connectivity index (χ0) is 23.8. The van der Waals surface area contributed by atoms with Gasteiger partial charge in [-0.25, -0.2) is 0 Å². The maximum atomic E-state index is 11.4. The number of hydrogen-bond acceptors (Lipinski definition) is 1. The van der Waals surface area contributed by atoms with Gasteiger partial charge in [-0.3, -0.25) is 0 Å². The molecular formula is C29H46O. The van der Waals surface area contributed by atoms with Crippen LogP contribution in [0.4, 0.5) is 0 Å². The SMILES string of the molecule is CC.CC.CC.CC.CC.OC(c1ccccc1)(c1ccccc1)c1ccccc1.